The number of hydrogen-bond acceptors (Lipinski definition) is 4. The Labute approximate surface area is 213 Å². The predicted molar refractivity (Wildman–Crippen MR) is 141 cm³/mol. The van der Waals surface area contributed by atoms with Gasteiger partial charge in [0.2, 0.25) is 5.91 Å². The van der Waals surface area contributed by atoms with Crippen LogP contribution >= 0.6 is 0 Å². The Bertz CT molecular complexity index is 1130. The van der Waals surface area contributed by atoms with Gasteiger partial charge in [-0.2, -0.15) is 0 Å². The van der Waals surface area contributed by atoms with Gasteiger partial charge in [0.15, 0.2) is 0 Å². The molecule has 2 aliphatic rings. The third-order valence-corrected chi connectivity index (χ3v) is 7.84. The maximum atomic E-state index is 14.1. The Morgan fingerprint density at radius 2 is 1.44 bits per heavy atom. The van der Waals surface area contributed by atoms with Crippen LogP contribution in [0.2, 0.25) is 0 Å². The minimum Gasteiger partial charge on any atom is -0.467 e. The number of amides is 1. The molecular weight excluding hydrogens is 448 g/mol. The lowest BCUT2D eigenvalue weighted by molar-refractivity contribution is -0.151. The Hall–Kier alpha value is -3.44. The molecule has 36 heavy (non-hydrogen) atoms. The van der Waals surface area contributed by atoms with E-state index < -0.39 is 12.0 Å². The molecule has 4 atom stereocenters. The number of nitrogens with zero attached hydrogens (tertiary/aromatic N) is 2. The Balaban J connectivity index is 1.34. The number of hydrogen-bond donors (Lipinski definition) is 0. The summed E-state index contributed by atoms with van der Waals surface area (Å²) in [7, 11) is 3.53. The van der Waals surface area contributed by atoms with E-state index in [0.29, 0.717) is 24.8 Å². The highest BCUT2D eigenvalue weighted by molar-refractivity contribution is 5.91. The van der Waals surface area contributed by atoms with Gasteiger partial charge in [0.25, 0.3) is 0 Å². The number of methoxy groups -OCH3 is 1. The summed E-state index contributed by atoms with van der Waals surface area (Å²) in [6.07, 6.45) is 1.78. The van der Waals surface area contributed by atoms with E-state index in [1.807, 2.05) is 60.7 Å². The van der Waals surface area contributed by atoms with Crippen molar-refractivity contribution < 1.29 is 14.3 Å². The summed E-state index contributed by atoms with van der Waals surface area (Å²) in [5.41, 5.74) is 3.26. The van der Waals surface area contributed by atoms with Crippen LogP contribution in [0.3, 0.4) is 0 Å². The van der Waals surface area contributed by atoms with Crippen molar-refractivity contribution in [3.8, 4) is 0 Å². The first-order valence-corrected chi connectivity index (χ1v) is 12.8. The van der Waals surface area contributed by atoms with Gasteiger partial charge in [-0.1, -0.05) is 91.0 Å². The fraction of sp³-hybridized carbons (Fsp3) is 0.355. The van der Waals surface area contributed by atoms with Gasteiger partial charge in [-0.05, 0) is 48.4 Å². The molecule has 5 heteroatoms. The topological polar surface area (TPSA) is 49.9 Å². The van der Waals surface area contributed by atoms with E-state index >= 15 is 0 Å². The van der Waals surface area contributed by atoms with Crippen molar-refractivity contribution in [3.63, 3.8) is 0 Å². The molecule has 1 aliphatic carbocycles. The van der Waals surface area contributed by atoms with E-state index in [4.69, 9.17) is 4.74 Å². The first-order chi connectivity index (χ1) is 17.6. The van der Waals surface area contributed by atoms with E-state index in [-0.39, 0.29) is 17.9 Å². The van der Waals surface area contributed by atoms with E-state index in [1.165, 1.54) is 19.1 Å². The van der Waals surface area contributed by atoms with E-state index in [9.17, 15) is 9.59 Å². The van der Waals surface area contributed by atoms with E-state index in [1.54, 1.807) is 4.90 Å². The molecule has 3 aromatic carbocycles. The van der Waals surface area contributed by atoms with Gasteiger partial charge in [0.05, 0.1) is 13.0 Å². The van der Waals surface area contributed by atoms with Crippen molar-refractivity contribution in [3.05, 3.63) is 108 Å². The zero-order chi connectivity index (χ0) is 25.1. The third kappa shape index (κ3) is 5.07. The van der Waals surface area contributed by atoms with Gasteiger partial charge in [0.1, 0.15) is 6.04 Å². The van der Waals surface area contributed by atoms with Crippen molar-refractivity contribution in [2.45, 2.75) is 36.8 Å². The molecule has 1 heterocycles. The maximum Gasteiger partial charge on any atom is 0.328 e. The van der Waals surface area contributed by atoms with Crippen LogP contribution in [0.25, 0.3) is 0 Å². The molecule has 0 aromatic heterocycles. The standard InChI is InChI=1S/C31H34N2O3/c1-32(20-25-18-27(25)22-12-6-3-7-13-22)26-19-28(31(35)36-2)33(21-26)30(34)29(23-14-8-4-9-15-23)24-16-10-5-11-17-24/h3-17,25-29H,18-21H2,1-2H3/t25-,26-,27?,28-/m0/s1. The average molecular weight is 483 g/mol. The average Bonchev–Trinajstić information content (AvgIpc) is 3.54. The second-order valence-corrected chi connectivity index (χ2v) is 10.1. The van der Waals surface area contributed by atoms with Crippen molar-refractivity contribution >= 4 is 11.9 Å². The van der Waals surface area contributed by atoms with Crippen LogP contribution in [-0.4, -0.2) is 61.0 Å². The molecule has 0 spiro atoms. The highest BCUT2D eigenvalue weighted by Gasteiger charge is 2.46. The summed E-state index contributed by atoms with van der Waals surface area (Å²) in [5.74, 6) is 0.361. The number of likely N-dealkylation sites (N-methyl/N-ethyl adjacent to an activating group) is 1. The quantitative estimate of drug-likeness (QED) is 0.437. The molecule has 0 radical (unpaired) electrons. The number of ether oxygens (including phenoxy) is 1. The van der Waals surface area contributed by atoms with Crippen molar-refractivity contribution in [1.82, 2.24) is 9.80 Å². The van der Waals surface area contributed by atoms with Gasteiger partial charge in [-0.25, -0.2) is 4.79 Å². The number of carbonyl (C=O) groups excluding carboxylic acids is 2. The molecule has 5 nitrogen and oxygen atoms in total. The number of likely N-dealkylation sites (tertiary alicyclic amines) is 1. The normalized spacial score (nSPS) is 23.2. The predicted octanol–water partition coefficient (Wildman–Crippen LogP) is 4.70. The summed E-state index contributed by atoms with van der Waals surface area (Å²) in [4.78, 5) is 31.1. The third-order valence-electron chi connectivity index (χ3n) is 7.84. The molecular formula is C31H34N2O3. The summed E-state index contributed by atoms with van der Waals surface area (Å²) >= 11 is 0. The second-order valence-electron chi connectivity index (χ2n) is 10.1. The van der Waals surface area contributed by atoms with Gasteiger partial charge in [-0.3, -0.25) is 4.79 Å². The van der Waals surface area contributed by atoms with Crippen LogP contribution in [0, 0.1) is 5.92 Å². The summed E-state index contributed by atoms with van der Waals surface area (Å²) in [6.45, 7) is 1.48. The maximum absolute atomic E-state index is 14.1. The van der Waals surface area contributed by atoms with Crippen LogP contribution in [-0.2, 0) is 14.3 Å². The summed E-state index contributed by atoms with van der Waals surface area (Å²) < 4.78 is 5.15. The minimum absolute atomic E-state index is 0.0488. The Kier molecular flexibility index (Phi) is 7.19. The molecule has 0 bridgehead atoms. The SMILES string of the molecule is COC(=O)[C@@H]1C[C@H](N(C)C[C@@H]2CC2c2ccccc2)CN1C(=O)C(c1ccccc1)c1ccccc1. The summed E-state index contributed by atoms with van der Waals surface area (Å²) in [6, 6.07) is 29.9. The lowest BCUT2D eigenvalue weighted by atomic mass is 9.90. The van der Waals surface area contributed by atoms with Crippen molar-refractivity contribution in [2.24, 2.45) is 5.92 Å². The van der Waals surface area contributed by atoms with Gasteiger partial charge in [0, 0.05) is 19.1 Å². The monoisotopic (exact) mass is 482 g/mol. The zero-order valence-corrected chi connectivity index (χ0v) is 21.0. The van der Waals surface area contributed by atoms with Gasteiger partial charge >= 0.3 is 5.97 Å². The Morgan fingerprint density at radius 1 is 0.889 bits per heavy atom. The molecule has 1 aliphatic heterocycles. The molecule has 1 amide bonds. The molecule has 1 saturated heterocycles. The molecule has 2 fully saturated rings. The molecule has 0 N–H and O–H groups in total. The largest absolute Gasteiger partial charge is 0.467 e. The lowest BCUT2D eigenvalue weighted by Crippen LogP contribution is -2.44. The fourth-order valence-corrected chi connectivity index (χ4v) is 5.75. The van der Waals surface area contributed by atoms with Crippen LogP contribution in [0.15, 0.2) is 91.0 Å². The van der Waals surface area contributed by atoms with E-state index in [2.05, 4.69) is 42.3 Å². The van der Waals surface area contributed by atoms with Crippen LogP contribution in [0.4, 0.5) is 0 Å². The number of rotatable bonds is 8. The number of carbonyl (C=O) groups is 2. The first kappa shape index (κ1) is 24.3. The van der Waals surface area contributed by atoms with Crippen LogP contribution in [0.5, 0.6) is 0 Å². The van der Waals surface area contributed by atoms with Crippen LogP contribution in [0.1, 0.15) is 41.4 Å². The Morgan fingerprint density at radius 3 is 2.00 bits per heavy atom. The smallest absolute Gasteiger partial charge is 0.328 e. The van der Waals surface area contributed by atoms with E-state index in [0.717, 1.165) is 17.7 Å². The molecule has 5 rings (SSSR count). The van der Waals surface area contributed by atoms with Gasteiger partial charge < -0.3 is 14.5 Å². The van der Waals surface area contributed by atoms with Crippen LogP contribution < -0.4 is 0 Å². The number of benzene rings is 3. The second kappa shape index (κ2) is 10.7. The molecule has 1 unspecified atom stereocenters. The van der Waals surface area contributed by atoms with Crippen molar-refractivity contribution in [2.75, 3.05) is 27.2 Å². The highest BCUT2D eigenvalue weighted by atomic mass is 16.5. The highest BCUT2D eigenvalue weighted by Crippen LogP contribution is 2.48. The zero-order valence-electron chi connectivity index (χ0n) is 21.0. The molecule has 1 saturated carbocycles. The molecule has 186 valence electrons. The van der Waals surface area contributed by atoms with Gasteiger partial charge in [-0.15, -0.1) is 0 Å². The fourth-order valence-electron chi connectivity index (χ4n) is 5.75. The first-order valence-electron chi connectivity index (χ1n) is 12.8. The van der Waals surface area contributed by atoms with Crippen molar-refractivity contribution in [1.29, 1.82) is 0 Å². The lowest BCUT2D eigenvalue weighted by Gasteiger charge is -2.29. The summed E-state index contributed by atoms with van der Waals surface area (Å²) in [5, 5.41) is 0. The minimum atomic E-state index is -0.575. The number of esters is 1. The molecule has 3 aromatic rings.